The summed E-state index contributed by atoms with van der Waals surface area (Å²) in [7, 11) is 1.90. The Morgan fingerprint density at radius 3 is 2.72 bits per heavy atom. The summed E-state index contributed by atoms with van der Waals surface area (Å²) >= 11 is 7.46. The third kappa shape index (κ3) is 2.91. The second-order valence-electron chi connectivity index (χ2n) is 4.25. The van der Waals surface area contributed by atoms with Gasteiger partial charge in [0.25, 0.3) is 0 Å². The fraction of sp³-hybridized carbons (Fsp3) is 0.286. The number of hydrogen-bond donors (Lipinski definition) is 1. The fourth-order valence-electron chi connectivity index (χ4n) is 1.97. The van der Waals surface area contributed by atoms with Gasteiger partial charge in [0, 0.05) is 15.9 Å². The summed E-state index contributed by atoms with van der Waals surface area (Å²) in [5, 5.41) is 5.74. The Labute approximate surface area is 116 Å². The first-order valence-electron chi connectivity index (χ1n) is 5.77. The van der Waals surface area contributed by atoms with Crippen LogP contribution in [0.4, 0.5) is 4.39 Å². The molecule has 0 bridgehead atoms. The lowest BCUT2D eigenvalue weighted by Crippen LogP contribution is -2.19. The highest BCUT2D eigenvalue weighted by Crippen LogP contribution is 2.27. The first-order chi connectivity index (χ1) is 8.61. The summed E-state index contributed by atoms with van der Waals surface area (Å²) in [6.07, 6.45) is 0.626. The first kappa shape index (κ1) is 13.5. The van der Waals surface area contributed by atoms with Gasteiger partial charge in [0.15, 0.2) is 0 Å². The zero-order valence-electron chi connectivity index (χ0n) is 10.3. The van der Waals surface area contributed by atoms with Gasteiger partial charge >= 0.3 is 0 Å². The van der Waals surface area contributed by atoms with Crippen molar-refractivity contribution in [3.63, 3.8) is 0 Å². The number of benzene rings is 1. The van der Waals surface area contributed by atoms with E-state index in [-0.39, 0.29) is 11.9 Å². The number of hydrogen-bond acceptors (Lipinski definition) is 2. The average Bonchev–Trinajstić information content (AvgIpc) is 2.75. The number of rotatable bonds is 4. The average molecular weight is 284 g/mol. The lowest BCUT2D eigenvalue weighted by Gasteiger charge is -2.16. The van der Waals surface area contributed by atoms with Crippen molar-refractivity contribution in [1.82, 2.24) is 5.32 Å². The standard InChI is InChI=1S/C14H15ClFNS/c1-9-5-6-18-14(9)13(17-2)7-10-3-4-11(15)8-12(10)16/h3-6,8,13,17H,7H2,1-2H3. The molecule has 2 rings (SSSR count). The summed E-state index contributed by atoms with van der Waals surface area (Å²) in [5.74, 6) is -0.239. The molecule has 96 valence electrons. The van der Waals surface area contributed by atoms with Crippen LogP contribution in [0.2, 0.25) is 5.02 Å². The van der Waals surface area contributed by atoms with Crippen molar-refractivity contribution >= 4 is 22.9 Å². The molecule has 4 heteroatoms. The van der Waals surface area contributed by atoms with E-state index in [2.05, 4.69) is 23.7 Å². The molecule has 1 atom stereocenters. The molecular weight excluding hydrogens is 269 g/mol. The maximum Gasteiger partial charge on any atom is 0.127 e. The second-order valence-corrected chi connectivity index (χ2v) is 5.63. The van der Waals surface area contributed by atoms with Gasteiger partial charge in [-0.1, -0.05) is 17.7 Å². The van der Waals surface area contributed by atoms with Gasteiger partial charge in [-0.15, -0.1) is 11.3 Å². The van der Waals surface area contributed by atoms with Crippen LogP contribution in [-0.4, -0.2) is 7.05 Å². The maximum atomic E-state index is 13.8. The molecule has 0 aliphatic heterocycles. The van der Waals surface area contributed by atoms with Crippen LogP contribution in [0.25, 0.3) is 0 Å². The van der Waals surface area contributed by atoms with Crippen molar-refractivity contribution in [3.8, 4) is 0 Å². The summed E-state index contributed by atoms with van der Waals surface area (Å²) in [6.45, 7) is 2.08. The SMILES string of the molecule is CNC(Cc1ccc(Cl)cc1F)c1sccc1C. The minimum absolute atomic E-state index is 0.140. The molecule has 1 unspecified atom stereocenters. The molecule has 0 spiro atoms. The van der Waals surface area contributed by atoms with Gasteiger partial charge in [0.05, 0.1) is 0 Å². The van der Waals surface area contributed by atoms with Gasteiger partial charge in [-0.05, 0) is 55.1 Å². The number of thiophene rings is 1. The van der Waals surface area contributed by atoms with Gasteiger partial charge < -0.3 is 5.32 Å². The monoisotopic (exact) mass is 283 g/mol. The number of likely N-dealkylation sites (N-methyl/N-ethyl adjacent to an activating group) is 1. The smallest absolute Gasteiger partial charge is 0.127 e. The Hall–Kier alpha value is -0.900. The van der Waals surface area contributed by atoms with E-state index in [1.54, 1.807) is 23.5 Å². The molecule has 1 nitrogen and oxygen atoms in total. The molecule has 1 N–H and O–H groups in total. The summed E-state index contributed by atoms with van der Waals surface area (Å²) in [4.78, 5) is 1.26. The third-order valence-corrected chi connectivity index (χ3v) is 4.37. The zero-order valence-corrected chi connectivity index (χ0v) is 11.9. The van der Waals surface area contributed by atoms with E-state index in [9.17, 15) is 4.39 Å². The highest BCUT2D eigenvalue weighted by molar-refractivity contribution is 7.10. The van der Waals surface area contributed by atoms with Crippen LogP contribution < -0.4 is 5.32 Å². The molecular formula is C14H15ClFNS. The van der Waals surface area contributed by atoms with Crippen molar-refractivity contribution < 1.29 is 4.39 Å². The molecule has 0 radical (unpaired) electrons. The highest BCUT2D eigenvalue weighted by atomic mass is 35.5. The molecule has 0 saturated heterocycles. The van der Waals surface area contributed by atoms with Gasteiger partial charge in [-0.3, -0.25) is 0 Å². The summed E-state index contributed by atoms with van der Waals surface area (Å²) < 4.78 is 13.8. The molecule has 1 aromatic carbocycles. The molecule has 0 fully saturated rings. The Bertz CT molecular complexity index is 538. The topological polar surface area (TPSA) is 12.0 Å². The number of nitrogens with one attached hydrogen (secondary N) is 1. The Morgan fingerprint density at radius 1 is 1.39 bits per heavy atom. The highest BCUT2D eigenvalue weighted by Gasteiger charge is 2.16. The maximum absolute atomic E-state index is 13.8. The third-order valence-electron chi connectivity index (χ3n) is 3.01. The molecule has 18 heavy (non-hydrogen) atoms. The van der Waals surface area contributed by atoms with Crippen molar-refractivity contribution in [3.05, 3.63) is 56.5 Å². The number of halogens is 2. The normalized spacial score (nSPS) is 12.7. The Morgan fingerprint density at radius 2 is 2.17 bits per heavy atom. The van der Waals surface area contributed by atoms with Gasteiger partial charge in [-0.2, -0.15) is 0 Å². The zero-order chi connectivity index (χ0) is 13.1. The largest absolute Gasteiger partial charge is 0.312 e. The predicted molar refractivity (Wildman–Crippen MR) is 76.0 cm³/mol. The minimum Gasteiger partial charge on any atom is -0.312 e. The van der Waals surface area contributed by atoms with Gasteiger partial charge in [0.1, 0.15) is 5.82 Å². The molecule has 1 aromatic heterocycles. The van der Waals surface area contributed by atoms with E-state index in [0.29, 0.717) is 17.0 Å². The molecule has 0 saturated carbocycles. The van der Waals surface area contributed by atoms with Gasteiger partial charge in [-0.25, -0.2) is 4.39 Å². The van der Waals surface area contributed by atoms with E-state index >= 15 is 0 Å². The summed E-state index contributed by atoms with van der Waals surface area (Å²) in [5.41, 5.74) is 1.93. The van der Waals surface area contributed by atoms with Crippen molar-refractivity contribution in [1.29, 1.82) is 0 Å². The Balaban J connectivity index is 2.23. The molecule has 0 aliphatic rings. The number of aryl methyl sites for hydroxylation is 1. The first-order valence-corrected chi connectivity index (χ1v) is 7.02. The van der Waals surface area contributed by atoms with Crippen LogP contribution in [0.1, 0.15) is 22.0 Å². The van der Waals surface area contributed by atoms with E-state index in [0.717, 1.165) is 0 Å². The van der Waals surface area contributed by atoms with Crippen LogP contribution in [0, 0.1) is 12.7 Å². The van der Waals surface area contributed by atoms with E-state index in [1.165, 1.54) is 16.5 Å². The molecule has 1 heterocycles. The van der Waals surface area contributed by atoms with Crippen LogP contribution >= 0.6 is 22.9 Å². The van der Waals surface area contributed by atoms with E-state index in [1.807, 2.05) is 7.05 Å². The molecule has 0 aliphatic carbocycles. The van der Waals surface area contributed by atoms with Crippen LogP contribution in [0.5, 0.6) is 0 Å². The van der Waals surface area contributed by atoms with Crippen LogP contribution in [0.3, 0.4) is 0 Å². The minimum atomic E-state index is -0.239. The lowest BCUT2D eigenvalue weighted by atomic mass is 10.0. The van der Waals surface area contributed by atoms with Crippen molar-refractivity contribution in [2.45, 2.75) is 19.4 Å². The lowest BCUT2D eigenvalue weighted by molar-refractivity contribution is 0.558. The van der Waals surface area contributed by atoms with Crippen molar-refractivity contribution in [2.75, 3.05) is 7.05 Å². The van der Waals surface area contributed by atoms with Gasteiger partial charge in [0.2, 0.25) is 0 Å². The van der Waals surface area contributed by atoms with E-state index < -0.39 is 0 Å². The second kappa shape index (κ2) is 5.83. The van der Waals surface area contributed by atoms with Crippen LogP contribution in [0.15, 0.2) is 29.6 Å². The quantitative estimate of drug-likeness (QED) is 0.879. The molecule has 0 amide bonds. The van der Waals surface area contributed by atoms with E-state index in [4.69, 9.17) is 11.6 Å². The molecule has 2 aromatic rings. The Kier molecular flexibility index (Phi) is 4.38. The fourth-order valence-corrected chi connectivity index (χ4v) is 3.17. The van der Waals surface area contributed by atoms with Crippen molar-refractivity contribution in [2.24, 2.45) is 0 Å². The predicted octanol–water partition coefficient (Wildman–Crippen LogP) is 4.35. The van der Waals surface area contributed by atoms with Crippen LogP contribution in [-0.2, 0) is 6.42 Å². The summed E-state index contributed by atoms with van der Waals surface area (Å²) in [6, 6.07) is 7.08.